The number of hydrogen-bond acceptors (Lipinski definition) is 2. The first-order chi connectivity index (χ1) is 38.6. The number of allylic oxidation sites excluding steroid dienone is 10. The van der Waals surface area contributed by atoms with Crippen LogP contribution in [0.5, 0.6) is 0 Å². The van der Waals surface area contributed by atoms with E-state index in [1.807, 2.05) is 0 Å². The molecule has 11 rings (SSSR count). The van der Waals surface area contributed by atoms with Crippen LogP contribution in [0.15, 0.2) is 278 Å². The lowest BCUT2D eigenvalue weighted by atomic mass is 9.65. The zero-order valence-electron chi connectivity index (χ0n) is 48.2. The highest BCUT2D eigenvalue weighted by Gasteiger charge is 2.42. The Bertz CT molecular complexity index is 3660. The van der Waals surface area contributed by atoms with E-state index in [1.54, 1.807) is 0 Å². The van der Waals surface area contributed by atoms with E-state index in [1.165, 1.54) is 99.9 Å². The summed E-state index contributed by atoms with van der Waals surface area (Å²) in [5.41, 5.74) is 18.9. The van der Waals surface area contributed by atoms with Gasteiger partial charge in [0.15, 0.2) is 0 Å². The van der Waals surface area contributed by atoms with Crippen molar-refractivity contribution in [3.8, 4) is 0 Å². The van der Waals surface area contributed by atoms with Crippen molar-refractivity contribution in [2.24, 2.45) is 0 Å². The summed E-state index contributed by atoms with van der Waals surface area (Å²) in [6, 6.07) is 76.1. The lowest BCUT2D eigenvalue weighted by Crippen LogP contribution is -2.35. The maximum absolute atomic E-state index is 5.04. The topological polar surface area (TPSA) is 6.48 Å². The molecule has 80 heavy (non-hydrogen) atoms. The molecule has 0 amide bonds. The Morgan fingerprint density at radius 3 is 1.10 bits per heavy atom. The first kappa shape index (κ1) is 53.5. The van der Waals surface area contributed by atoms with Crippen molar-refractivity contribution in [3.05, 3.63) is 334 Å². The molecule has 2 heteroatoms. The average Bonchev–Trinajstić information content (AvgIpc) is 3.84. The van der Waals surface area contributed by atoms with Gasteiger partial charge in [0.1, 0.15) is 0 Å². The van der Waals surface area contributed by atoms with Gasteiger partial charge in [0.05, 0.1) is 0 Å². The first-order valence-corrected chi connectivity index (χ1v) is 28.6. The number of benzene rings is 9. The SMILES string of the molecule is C=C(/C=C/C=C1/N(C)c2ccc3ccccc3c2C1(C)C)C(Cc1ccccc1)(Cc1ccc(CC(Cc2ccccc2)(C(=C)/C=C/C=C2/N(C)c3ccc4ccccc4c3C2(C)C)c2ccccc2C)cc1)c1ccccc1C. The van der Waals surface area contributed by atoms with E-state index < -0.39 is 10.8 Å². The molecule has 2 aliphatic rings. The van der Waals surface area contributed by atoms with Gasteiger partial charge >= 0.3 is 0 Å². The molecule has 0 saturated carbocycles. The van der Waals surface area contributed by atoms with E-state index in [4.69, 9.17) is 13.2 Å². The summed E-state index contributed by atoms with van der Waals surface area (Å²) < 4.78 is 0. The minimum Gasteiger partial charge on any atom is -0.347 e. The summed E-state index contributed by atoms with van der Waals surface area (Å²) in [6.45, 7) is 24.0. The quantitative estimate of drug-likeness (QED) is 0.0890. The van der Waals surface area contributed by atoms with Gasteiger partial charge in [0.25, 0.3) is 0 Å². The molecule has 9 aromatic rings. The minimum absolute atomic E-state index is 0.194. The van der Waals surface area contributed by atoms with Crippen molar-refractivity contribution in [2.75, 3.05) is 23.9 Å². The Labute approximate surface area is 477 Å². The third kappa shape index (κ3) is 9.70. The molecule has 0 N–H and O–H groups in total. The van der Waals surface area contributed by atoms with Gasteiger partial charge in [0.2, 0.25) is 0 Å². The van der Waals surface area contributed by atoms with Gasteiger partial charge in [-0.15, -0.1) is 0 Å². The van der Waals surface area contributed by atoms with Crippen LogP contribution >= 0.6 is 0 Å². The molecule has 9 aromatic carbocycles. The summed E-state index contributed by atoms with van der Waals surface area (Å²) in [6.07, 6.45) is 16.9. The molecule has 0 fully saturated rings. The summed E-state index contributed by atoms with van der Waals surface area (Å²) in [5, 5.41) is 5.18. The van der Waals surface area contributed by atoms with Gasteiger partial charge in [-0.1, -0.05) is 259 Å². The fourth-order valence-corrected chi connectivity index (χ4v) is 14.1. The Kier molecular flexibility index (Phi) is 14.5. The lowest BCUT2D eigenvalue weighted by Gasteiger charge is -2.38. The maximum Gasteiger partial charge on any atom is 0.0454 e. The zero-order chi connectivity index (χ0) is 55.8. The van der Waals surface area contributed by atoms with Crippen LogP contribution in [0.4, 0.5) is 11.4 Å². The van der Waals surface area contributed by atoms with Crippen LogP contribution in [-0.2, 0) is 47.3 Å². The minimum atomic E-state index is -0.457. The number of anilines is 2. The van der Waals surface area contributed by atoms with E-state index in [0.29, 0.717) is 0 Å². The maximum atomic E-state index is 5.04. The van der Waals surface area contributed by atoms with E-state index in [0.717, 1.165) is 36.8 Å². The number of rotatable bonds is 16. The fraction of sp³-hybridized carbons (Fsp3) is 0.205. The highest BCUT2D eigenvalue weighted by molar-refractivity contribution is 5.96. The summed E-state index contributed by atoms with van der Waals surface area (Å²) >= 11 is 0. The van der Waals surface area contributed by atoms with Crippen LogP contribution in [0.3, 0.4) is 0 Å². The molecule has 0 aliphatic carbocycles. The highest BCUT2D eigenvalue weighted by atomic mass is 15.2. The molecule has 398 valence electrons. The van der Waals surface area contributed by atoms with E-state index in [-0.39, 0.29) is 10.8 Å². The van der Waals surface area contributed by atoms with Gasteiger partial charge in [-0.2, -0.15) is 0 Å². The van der Waals surface area contributed by atoms with Crippen LogP contribution in [0, 0.1) is 13.8 Å². The summed E-state index contributed by atoms with van der Waals surface area (Å²) in [7, 11) is 4.42. The van der Waals surface area contributed by atoms with Crippen LogP contribution in [0.1, 0.15) is 83.3 Å². The molecule has 0 saturated heterocycles. The van der Waals surface area contributed by atoms with E-state index in [2.05, 4.69) is 308 Å². The normalized spacial score (nSPS) is 17.1. The number of nitrogens with zero attached hydrogens (tertiary/aromatic N) is 2. The standard InChI is InChI=1S/C78H76N2/c1-55-27-17-23-39-67(55)77(51-59-31-13-11-14-32-59,57(3)29-25-41-71-75(5,6)73-65-37-21-19-35-63(65)47-49-69(73)79(71)9)53-61-43-45-62(46-44-61)54-78(52-60-33-15-12-16-34-60,68-40-24-18-28-56(68)2)58(4)30-26-42-72-76(7,8)74-66-38-22-20-36-64(66)48-50-70(74)80(72)10/h11-50H,3-4,51-54H2,1-2,5-10H3/b29-25+,30-26+,71-41+,72-42+. The zero-order valence-corrected chi connectivity index (χ0v) is 48.2. The van der Waals surface area contributed by atoms with Crippen molar-refractivity contribution in [1.29, 1.82) is 0 Å². The van der Waals surface area contributed by atoms with Crippen molar-refractivity contribution in [3.63, 3.8) is 0 Å². The van der Waals surface area contributed by atoms with E-state index >= 15 is 0 Å². The van der Waals surface area contributed by atoms with Crippen molar-refractivity contribution >= 4 is 32.9 Å². The van der Waals surface area contributed by atoms with Crippen molar-refractivity contribution < 1.29 is 0 Å². The number of aryl methyl sites for hydroxylation is 2. The van der Waals surface area contributed by atoms with Crippen molar-refractivity contribution in [2.45, 2.75) is 88.9 Å². The molecular weight excluding hydrogens is 965 g/mol. The average molecular weight is 1040 g/mol. The molecule has 0 bridgehead atoms. The molecule has 2 aliphatic heterocycles. The van der Waals surface area contributed by atoms with Crippen LogP contribution in [0.2, 0.25) is 0 Å². The van der Waals surface area contributed by atoms with Gasteiger partial charge in [0, 0.05) is 58.5 Å². The third-order valence-corrected chi connectivity index (χ3v) is 18.2. The summed E-state index contributed by atoms with van der Waals surface area (Å²) in [4.78, 5) is 4.75. The first-order valence-electron chi connectivity index (χ1n) is 28.6. The molecule has 0 spiro atoms. The summed E-state index contributed by atoms with van der Waals surface area (Å²) in [5.74, 6) is 0. The number of hydrogen-bond donors (Lipinski definition) is 0. The van der Waals surface area contributed by atoms with Gasteiger partial charge in [-0.05, 0) is 152 Å². The van der Waals surface area contributed by atoms with Crippen LogP contribution < -0.4 is 9.80 Å². The largest absolute Gasteiger partial charge is 0.347 e. The Morgan fingerprint density at radius 2 is 0.725 bits per heavy atom. The number of likely N-dealkylation sites (N-methyl/N-ethyl adjacent to an activating group) is 2. The Balaban J connectivity index is 0.959. The van der Waals surface area contributed by atoms with Gasteiger partial charge in [-0.3, -0.25) is 0 Å². The number of fused-ring (bicyclic) bond motifs is 6. The second-order valence-electron chi connectivity index (χ2n) is 23.9. The van der Waals surface area contributed by atoms with Gasteiger partial charge < -0.3 is 9.80 Å². The fourth-order valence-electron chi connectivity index (χ4n) is 14.1. The third-order valence-electron chi connectivity index (χ3n) is 18.2. The van der Waals surface area contributed by atoms with Crippen LogP contribution in [-0.4, -0.2) is 14.1 Å². The molecule has 2 atom stereocenters. The Morgan fingerprint density at radius 1 is 0.400 bits per heavy atom. The smallest absolute Gasteiger partial charge is 0.0454 e. The molecule has 2 unspecified atom stereocenters. The molecule has 2 heterocycles. The highest BCUT2D eigenvalue weighted by Crippen LogP contribution is 2.52. The predicted octanol–water partition coefficient (Wildman–Crippen LogP) is 18.9. The molecule has 0 aromatic heterocycles. The second-order valence-corrected chi connectivity index (χ2v) is 23.9. The van der Waals surface area contributed by atoms with Crippen molar-refractivity contribution in [1.82, 2.24) is 0 Å². The van der Waals surface area contributed by atoms with Crippen LogP contribution in [0.25, 0.3) is 21.5 Å². The predicted molar refractivity (Wildman–Crippen MR) is 343 cm³/mol. The monoisotopic (exact) mass is 1040 g/mol. The van der Waals surface area contributed by atoms with E-state index in [9.17, 15) is 0 Å². The molecular formula is C78H76N2. The molecule has 2 nitrogen and oxygen atoms in total. The lowest BCUT2D eigenvalue weighted by molar-refractivity contribution is 0.500. The molecule has 0 radical (unpaired) electrons. The second kappa shape index (κ2) is 21.6. The van der Waals surface area contributed by atoms with Gasteiger partial charge in [-0.25, -0.2) is 0 Å². The Hall–Kier alpha value is -8.46.